The summed E-state index contributed by atoms with van der Waals surface area (Å²) < 4.78 is 18.9. The standard InChI is InChI=1S/C16H13FO4/c1-2-21-16(20)12-8-5-7-11(15(18)19)14(12)10-6-3-4-9-13(10)17/h3-9H,2H2,1H3,(H,18,19). The highest BCUT2D eigenvalue weighted by atomic mass is 19.1. The molecule has 0 atom stereocenters. The number of hydrogen-bond acceptors (Lipinski definition) is 3. The van der Waals surface area contributed by atoms with Crippen LogP contribution in [0.25, 0.3) is 11.1 Å². The van der Waals surface area contributed by atoms with Crippen LogP contribution in [0.4, 0.5) is 4.39 Å². The second-order valence-corrected chi connectivity index (χ2v) is 4.23. The monoisotopic (exact) mass is 288 g/mol. The maximum atomic E-state index is 14.0. The van der Waals surface area contributed by atoms with Gasteiger partial charge in [-0.1, -0.05) is 24.3 Å². The van der Waals surface area contributed by atoms with Crippen molar-refractivity contribution < 1.29 is 23.8 Å². The molecule has 0 saturated heterocycles. The van der Waals surface area contributed by atoms with Gasteiger partial charge in [-0.05, 0) is 25.1 Å². The molecule has 0 aliphatic rings. The van der Waals surface area contributed by atoms with E-state index in [1.807, 2.05) is 0 Å². The zero-order valence-corrected chi connectivity index (χ0v) is 11.3. The number of carboxylic acid groups (broad SMARTS) is 1. The fourth-order valence-electron chi connectivity index (χ4n) is 2.06. The molecule has 0 radical (unpaired) electrons. The van der Waals surface area contributed by atoms with Crippen LogP contribution in [0.3, 0.4) is 0 Å². The van der Waals surface area contributed by atoms with Crippen molar-refractivity contribution in [1.29, 1.82) is 0 Å². The molecule has 0 aliphatic heterocycles. The first kappa shape index (κ1) is 14.7. The number of aromatic carboxylic acids is 1. The van der Waals surface area contributed by atoms with Crippen LogP contribution in [0.15, 0.2) is 42.5 Å². The van der Waals surface area contributed by atoms with Gasteiger partial charge in [-0.3, -0.25) is 0 Å². The molecule has 2 aromatic carbocycles. The van der Waals surface area contributed by atoms with E-state index in [0.29, 0.717) is 0 Å². The van der Waals surface area contributed by atoms with Crippen molar-refractivity contribution in [1.82, 2.24) is 0 Å². The van der Waals surface area contributed by atoms with E-state index < -0.39 is 17.8 Å². The number of ether oxygens (including phenoxy) is 1. The molecule has 1 N–H and O–H groups in total. The molecule has 0 unspecified atom stereocenters. The molecule has 4 nitrogen and oxygen atoms in total. The molecule has 0 bridgehead atoms. The number of hydrogen-bond donors (Lipinski definition) is 1. The molecular formula is C16H13FO4. The first-order chi connectivity index (χ1) is 10.1. The van der Waals surface area contributed by atoms with Crippen molar-refractivity contribution in [3.05, 3.63) is 59.4 Å². The minimum Gasteiger partial charge on any atom is -0.478 e. The molecule has 2 rings (SSSR count). The van der Waals surface area contributed by atoms with E-state index in [1.54, 1.807) is 13.0 Å². The summed E-state index contributed by atoms with van der Waals surface area (Å²) in [6.45, 7) is 1.79. The molecule has 21 heavy (non-hydrogen) atoms. The van der Waals surface area contributed by atoms with E-state index in [-0.39, 0.29) is 28.9 Å². The molecule has 0 saturated carbocycles. The topological polar surface area (TPSA) is 63.6 Å². The van der Waals surface area contributed by atoms with E-state index in [4.69, 9.17) is 4.74 Å². The van der Waals surface area contributed by atoms with E-state index >= 15 is 0 Å². The smallest absolute Gasteiger partial charge is 0.338 e. The van der Waals surface area contributed by atoms with Crippen molar-refractivity contribution in [2.75, 3.05) is 6.61 Å². The highest BCUT2D eigenvalue weighted by molar-refractivity contribution is 6.05. The number of carbonyl (C=O) groups is 2. The third-order valence-electron chi connectivity index (χ3n) is 2.93. The number of carbonyl (C=O) groups excluding carboxylic acids is 1. The molecule has 108 valence electrons. The zero-order valence-electron chi connectivity index (χ0n) is 11.3. The average molecular weight is 288 g/mol. The Kier molecular flexibility index (Phi) is 4.33. The maximum absolute atomic E-state index is 14.0. The highest BCUT2D eigenvalue weighted by Gasteiger charge is 2.22. The van der Waals surface area contributed by atoms with Crippen LogP contribution < -0.4 is 0 Å². The Morgan fingerprint density at radius 3 is 2.38 bits per heavy atom. The van der Waals surface area contributed by atoms with Gasteiger partial charge in [0, 0.05) is 11.1 Å². The van der Waals surface area contributed by atoms with E-state index in [0.717, 1.165) is 0 Å². The molecule has 0 spiro atoms. The van der Waals surface area contributed by atoms with Crippen molar-refractivity contribution in [2.24, 2.45) is 0 Å². The van der Waals surface area contributed by atoms with Gasteiger partial charge in [0.05, 0.1) is 17.7 Å². The maximum Gasteiger partial charge on any atom is 0.338 e. The minimum absolute atomic E-state index is 0.0292. The Hall–Kier alpha value is -2.69. The quantitative estimate of drug-likeness (QED) is 0.876. The predicted molar refractivity (Wildman–Crippen MR) is 74.8 cm³/mol. The van der Waals surface area contributed by atoms with Crippen LogP contribution in [0.5, 0.6) is 0 Å². The highest BCUT2D eigenvalue weighted by Crippen LogP contribution is 2.30. The van der Waals surface area contributed by atoms with Crippen LogP contribution in [0, 0.1) is 5.82 Å². The molecule has 0 aromatic heterocycles. The number of rotatable bonds is 4. The Bertz CT molecular complexity index is 694. The largest absolute Gasteiger partial charge is 0.478 e. The van der Waals surface area contributed by atoms with Crippen molar-refractivity contribution in [3.8, 4) is 11.1 Å². The number of benzene rings is 2. The lowest BCUT2D eigenvalue weighted by Gasteiger charge is -2.12. The number of carboxylic acids is 1. The van der Waals surface area contributed by atoms with E-state index in [9.17, 15) is 19.1 Å². The van der Waals surface area contributed by atoms with Crippen LogP contribution in [0.2, 0.25) is 0 Å². The molecule has 2 aromatic rings. The third kappa shape index (κ3) is 2.91. The average Bonchev–Trinajstić information content (AvgIpc) is 2.47. The van der Waals surface area contributed by atoms with Gasteiger partial charge in [-0.25, -0.2) is 14.0 Å². The predicted octanol–water partition coefficient (Wildman–Crippen LogP) is 3.37. The number of halogens is 1. The van der Waals surface area contributed by atoms with Gasteiger partial charge < -0.3 is 9.84 Å². The summed E-state index contributed by atoms with van der Waals surface area (Å²) >= 11 is 0. The Balaban J connectivity index is 2.74. The van der Waals surface area contributed by atoms with Gasteiger partial charge >= 0.3 is 11.9 Å². The molecule has 0 fully saturated rings. The Labute approximate surface area is 120 Å². The summed E-state index contributed by atoms with van der Waals surface area (Å²) in [5, 5.41) is 9.28. The summed E-state index contributed by atoms with van der Waals surface area (Å²) in [6, 6.07) is 9.89. The van der Waals surface area contributed by atoms with Crippen molar-refractivity contribution in [3.63, 3.8) is 0 Å². The first-order valence-corrected chi connectivity index (χ1v) is 6.34. The second-order valence-electron chi connectivity index (χ2n) is 4.23. The van der Waals surface area contributed by atoms with Gasteiger partial charge in [-0.2, -0.15) is 0 Å². The minimum atomic E-state index is -1.24. The summed E-state index contributed by atoms with van der Waals surface area (Å²) in [4.78, 5) is 23.4. The van der Waals surface area contributed by atoms with Crippen molar-refractivity contribution in [2.45, 2.75) is 6.92 Å². The SMILES string of the molecule is CCOC(=O)c1cccc(C(=O)O)c1-c1ccccc1F. The zero-order chi connectivity index (χ0) is 15.4. The summed E-state index contributed by atoms with van der Waals surface area (Å²) in [5.41, 5.74) is -0.0346. The third-order valence-corrected chi connectivity index (χ3v) is 2.93. The Morgan fingerprint density at radius 1 is 1.10 bits per heavy atom. The fraction of sp³-hybridized carbons (Fsp3) is 0.125. The van der Waals surface area contributed by atoms with Gasteiger partial charge in [0.15, 0.2) is 0 Å². The molecular weight excluding hydrogens is 275 g/mol. The lowest BCUT2D eigenvalue weighted by atomic mass is 9.94. The van der Waals surface area contributed by atoms with Gasteiger partial charge in [-0.15, -0.1) is 0 Å². The van der Waals surface area contributed by atoms with Crippen LogP contribution in [0.1, 0.15) is 27.6 Å². The van der Waals surface area contributed by atoms with Crippen LogP contribution >= 0.6 is 0 Å². The van der Waals surface area contributed by atoms with Gasteiger partial charge in [0.1, 0.15) is 5.82 Å². The fourth-order valence-corrected chi connectivity index (χ4v) is 2.06. The summed E-state index contributed by atoms with van der Waals surface area (Å²) in [7, 11) is 0. The van der Waals surface area contributed by atoms with E-state index in [2.05, 4.69) is 0 Å². The lowest BCUT2D eigenvalue weighted by molar-refractivity contribution is 0.0527. The normalized spacial score (nSPS) is 10.2. The summed E-state index contributed by atoms with van der Waals surface area (Å²) in [5.74, 6) is -2.52. The van der Waals surface area contributed by atoms with Gasteiger partial charge in [0.25, 0.3) is 0 Å². The molecule has 0 aliphatic carbocycles. The van der Waals surface area contributed by atoms with Crippen LogP contribution in [-0.2, 0) is 4.74 Å². The van der Waals surface area contributed by atoms with E-state index in [1.165, 1.54) is 36.4 Å². The lowest BCUT2D eigenvalue weighted by Crippen LogP contribution is -2.10. The first-order valence-electron chi connectivity index (χ1n) is 6.34. The van der Waals surface area contributed by atoms with Crippen molar-refractivity contribution >= 4 is 11.9 Å². The second kappa shape index (κ2) is 6.17. The molecule has 0 amide bonds. The van der Waals surface area contributed by atoms with Gasteiger partial charge in [0.2, 0.25) is 0 Å². The molecule has 0 heterocycles. The number of esters is 1. The van der Waals surface area contributed by atoms with Crippen LogP contribution in [-0.4, -0.2) is 23.7 Å². The summed E-state index contributed by atoms with van der Waals surface area (Å²) in [6.07, 6.45) is 0. The molecule has 5 heteroatoms. The Morgan fingerprint density at radius 2 is 1.76 bits per heavy atom.